The summed E-state index contributed by atoms with van der Waals surface area (Å²) in [5.74, 6) is -1.17. The van der Waals surface area contributed by atoms with Gasteiger partial charge in [0, 0.05) is 33.4 Å². The second kappa shape index (κ2) is 9.60. The smallest absolute Gasteiger partial charge is 0.244 e. The number of nitrogens with zero attached hydrogens (tertiary/aromatic N) is 1. The highest BCUT2D eigenvalue weighted by atomic mass is 35.5. The SMILES string of the molecule is CC(C)c1ccc(NC(=O)Cn2cc(S(=O)(=O)Cc3c(F)cccc3Cl)c3ccccc32)cc1. The molecule has 1 N–H and O–H groups in total. The average molecular weight is 499 g/mol. The standard InChI is InChI=1S/C26H24ClFN2O3S/c1-17(2)18-10-12-19(13-11-18)29-26(31)15-30-14-25(20-6-3-4-9-24(20)30)34(32,33)16-21-22(27)7-5-8-23(21)28/h3-14,17H,15-16H2,1-2H3,(H,29,31). The van der Waals surface area contributed by atoms with Crippen molar-refractivity contribution >= 4 is 43.9 Å². The van der Waals surface area contributed by atoms with Gasteiger partial charge in [-0.25, -0.2) is 12.8 Å². The molecule has 0 fully saturated rings. The van der Waals surface area contributed by atoms with E-state index < -0.39 is 21.4 Å². The van der Waals surface area contributed by atoms with E-state index in [0.717, 1.165) is 0 Å². The number of sulfone groups is 1. The molecule has 0 atom stereocenters. The molecule has 176 valence electrons. The molecule has 0 saturated carbocycles. The number of anilines is 1. The third-order valence-electron chi connectivity index (χ3n) is 5.66. The largest absolute Gasteiger partial charge is 0.337 e. The second-order valence-corrected chi connectivity index (χ2v) is 10.8. The number of nitrogens with one attached hydrogen (secondary N) is 1. The summed E-state index contributed by atoms with van der Waals surface area (Å²) in [4.78, 5) is 12.8. The molecule has 0 saturated heterocycles. The van der Waals surface area contributed by atoms with Crippen LogP contribution < -0.4 is 5.32 Å². The molecule has 4 rings (SSSR count). The lowest BCUT2D eigenvalue weighted by molar-refractivity contribution is -0.116. The number of carbonyl (C=O) groups excluding carboxylic acids is 1. The van der Waals surface area contributed by atoms with Gasteiger partial charge in [0.15, 0.2) is 9.84 Å². The van der Waals surface area contributed by atoms with E-state index in [-0.39, 0.29) is 27.9 Å². The first-order valence-corrected chi connectivity index (χ1v) is 12.8. The van der Waals surface area contributed by atoms with Crippen LogP contribution in [0.25, 0.3) is 10.9 Å². The number of aromatic nitrogens is 1. The Morgan fingerprint density at radius 1 is 1.03 bits per heavy atom. The van der Waals surface area contributed by atoms with E-state index in [2.05, 4.69) is 19.2 Å². The summed E-state index contributed by atoms with van der Waals surface area (Å²) in [6.45, 7) is 4.11. The van der Waals surface area contributed by atoms with Crippen molar-refractivity contribution < 1.29 is 17.6 Å². The minimum Gasteiger partial charge on any atom is -0.337 e. The van der Waals surface area contributed by atoms with Crippen LogP contribution in [0.5, 0.6) is 0 Å². The van der Waals surface area contributed by atoms with Gasteiger partial charge in [-0.1, -0.05) is 61.8 Å². The van der Waals surface area contributed by atoms with Crippen LogP contribution in [0.15, 0.2) is 77.8 Å². The number of benzene rings is 3. The predicted octanol–water partition coefficient (Wildman–Crippen LogP) is 6.17. The number of halogens is 2. The van der Waals surface area contributed by atoms with Gasteiger partial charge in [-0.3, -0.25) is 4.79 Å². The van der Waals surface area contributed by atoms with E-state index in [9.17, 15) is 17.6 Å². The highest BCUT2D eigenvalue weighted by molar-refractivity contribution is 7.90. The normalized spacial score (nSPS) is 11.8. The van der Waals surface area contributed by atoms with E-state index in [1.807, 2.05) is 24.3 Å². The molecule has 0 aliphatic rings. The maximum atomic E-state index is 14.3. The minimum atomic E-state index is -3.95. The van der Waals surface area contributed by atoms with Crippen molar-refractivity contribution in [3.63, 3.8) is 0 Å². The van der Waals surface area contributed by atoms with Crippen molar-refractivity contribution in [1.29, 1.82) is 0 Å². The van der Waals surface area contributed by atoms with E-state index in [1.165, 1.54) is 30.0 Å². The number of hydrogen-bond donors (Lipinski definition) is 1. The molecule has 1 aromatic heterocycles. The summed E-state index contributed by atoms with van der Waals surface area (Å²) < 4.78 is 42.4. The van der Waals surface area contributed by atoms with Gasteiger partial charge in [0.1, 0.15) is 12.4 Å². The molecule has 0 aliphatic carbocycles. The molecule has 3 aromatic carbocycles. The Morgan fingerprint density at radius 3 is 2.41 bits per heavy atom. The maximum absolute atomic E-state index is 14.3. The Balaban J connectivity index is 1.62. The van der Waals surface area contributed by atoms with E-state index >= 15 is 0 Å². The summed E-state index contributed by atoms with van der Waals surface area (Å²) in [7, 11) is -3.95. The third kappa shape index (κ3) is 5.00. The van der Waals surface area contributed by atoms with Gasteiger partial charge in [0.2, 0.25) is 5.91 Å². The van der Waals surface area contributed by atoms with Gasteiger partial charge < -0.3 is 9.88 Å². The highest BCUT2D eigenvalue weighted by Crippen LogP contribution is 2.30. The van der Waals surface area contributed by atoms with Crippen molar-refractivity contribution in [3.8, 4) is 0 Å². The molecule has 1 amide bonds. The maximum Gasteiger partial charge on any atom is 0.244 e. The zero-order valence-corrected chi connectivity index (χ0v) is 20.3. The Hall–Kier alpha value is -3.16. The summed E-state index contributed by atoms with van der Waals surface area (Å²) >= 11 is 6.06. The van der Waals surface area contributed by atoms with E-state index in [1.54, 1.807) is 28.8 Å². The van der Waals surface area contributed by atoms with Crippen LogP contribution in [0.3, 0.4) is 0 Å². The van der Waals surface area contributed by atoms with Gasteiger partial charge >= 0.3 is 0 Å². The van der Waals surface area contributed by atoms with Crippen LogP contribution in [0.2, 0.25) is 5.02 Å². The van der Waals surface area contributed by atoms with Crippen molar-refractivity contribution in [2.75, 3.05) is 5.32 Å². The number of fused-ring (bicyclic) bond motifs is 1. The minimum absolute atomic E-state index is 0.0245. The van der Waals surface area contributed by atoms with Crippen LogP contribution >= 0.6 is 11.6 Å². The molecule has 0 spiro atoms. The zero-order valence-electron chi connectivity index (χ0n) is 18.8. The summed E-state index contributed by atoms with van der Waals surface area (Å²) in [5, 5.41) is 3.36. The molecule has 0 unspecified atom stereocenters. The van der Waals surface area contributed by atoms with Crippen LogP contribution in [0.1, 0.15) is 30.9 Å². The molecule has 4 aromatic rings. The monoisotopic (exact) mass is 498 g/mol. The van der Waals surface area contributed by atoms with Crippen molar-refractivity contribution in [1.82, 2.24) is 4.57 Å². The average Bonchev–Trinajstić information content (AvgIpc) is 3.16. The van der Waals surface area contributed by atoms with Crippen LogP contribution in [0.4, 0.5) is 10.1 Å². The predicted molar refractivity (Wildman–Crippen MR) is 133 cm³/mol. The lowest BCUT2D eigenvalue weighted by Crippen LogP contribution is -2.18. The summed E-state index contributed by atoms with van der Waals surface area (Å²) in [6.07, 6.45) is 1.43. The molecule has 1 heterocycles. The topological polar surface area (TPSA) is 68.2 Å². The third-order valence-corrected chi connectivity index (χ3v) is 7.68. The number of amides is 1. The lowest BCUT2D eigenvalue weighted by atomic mass is 10.0. The molecule has 34 heavy (non-hydrogen) atoms. The van der Waals surface area contributed by atoms with Crippen LogP contribution in [0, 0.1) is 5.82 Å². The molecular weight excluding hydrogens is 475 g/mol. The van der Waals surface area contributed by atoms with Gasteiger partial charge in [-0.05, 0) is 41.8 Å². The van der Waals surface area contributed by atoms with Crippen molar-refractivity contribution in [2.24, 2.45) is 0 Å². The van der Waals surface area contributed by atoms with Gasteiger partial charge in [-0.2, -0.15) is 0 Å². The van der Waals surface area contributed by atoms with E-state index in [4.69, 9.17) is 11.6 Å². The Kier molecular flexibility index (Phi) is 6.77. The van der Waals surface area contributed by atoms with Gasteiger partial charge in [0.05, 0.1) is 10.6 Å². The molecule has 5 nitrogen and oxygen atoms in total. The fourth-order valence-electron chi connectivity index (χ4n) is 3.84. The number of carbonyl (C=O) groups is 1. The number of rotatable bonds is 7. The van der Waals surface area contributed by atoms with Crippen molar-refractivity contribution in [2.45, 2.75) is 37.0 Å². The molecule has 8 heteroatoms. The first-order valence-electron chi connectivity index (χ1n) is 10.8. The zero-order chi connectivity index (χ0) is 24.5. The first kappa shape index (κ1) is 24.0. The molecule has 0 bridgehead atoms. The molecule has 0 radical (unpaired) electrons. The highest BCUT2D eigenvalue weighted by Gasteiger charge is 2.25. The van der Waals surface area contributed by atoms with Gasteiger partial charge in [0.25, 0.3) is 0 Å². The fourth-order valence-corrected chi connectivity index (χ4v) is 5.77. The molecular formula is C26H24ClFN2O3S. The number of hydrogen-bond acceptors (Lipinski definition) is 3. The van der Waals surface area contributed by atoms with E-state index in [0.29, 0.717) is 22.5 Å². The lowest BCUT2D eigenvalue weighted by Gasteiger charge is -2.09. The van der Waals surface area contributed by atoms with Gasteiger partial charge in [-0.15, -0.1) is 0 Å². The number of para-hydroxylation sites is 1. The van der Waals surface area contributed by atoms with Crippen LogP contribution in [-0.2, 0) is 26.9 Å². The quantitative estimate of drug-likeness (QED) is 0.331. The second-order valence-electron chi connectivity index (χ2n) is 8.42. The Morgan fingerprint density at radius 2 is 1.74 bits per heavy atom. The Bertz CT molecular complexity index is 1440. The van der Waals surface area contributed by atoms with Crippen molar-refractivity contribution in [3.05, 3.63) is 94.9 Å². The Labute approximate surface area is 203 Å². The first-order chi connectivity index (χ1) is 16.2. The summed E-state index contributed by atoms with van der Waals surface area (Å²) in [5.41, 5.74) is 2.33. The molecule has 0 aliphatic heterocycles. The fraction of sp³-hybridized carbons (Fsp3) is 0.192. The summed E-state index contributed by atoms with van der Waals surface area (Å²) in [6, 6.07) is 18.6. The van der Waals surface area contributed by atoms with Crippen LogP contribution in [-0.4, -0.2) is 18.9 Å².